The Bertz CT molecular complexity index is 823. The molecule has 0 aliphatic carbocycles. The Morgan fingerprint density at radius 1 is 1.17 bits per heavy atom. The van der Waals surface area contributed by atoms with Crippen LogP contribution in [0.5, 0.6) is 0 Å². The molecule has 0 fully saturated rings. The summed E-state index contributed by atoms with van der Waals surface area (Å²) >= 11 is 0. The molecule has 2 aromatic rings. The number of rotatable bonds is 6. The van der Waals surface area contributed by atoms with E-state index in [4.69, 9.17) is 5.14 Å². The van der Waals surface area contributed by atoms with E-state index in [-0.39, 0.29) is 29.8 Å². The highest BCUT2D eigenvalue weighted by atomic mass is 32.2. The Hall–Kier alpha value is -2.45. The highest BCUT2D eigenvalue weighted by Gasteiger charge is 2.12. The third-order valence-corrected chi connectivity index (χ3v) is 3.86. The average molecular weight is 351 g/mol. The fourth-order valence-corrected chi connectivity index (χ4v) is 2.68. The zero-order valence-electron chi connectivity index (χ0n) is 13.0. The second kappa shape index (κ2) is 7.41. The predicted molar refractivity (Wildman–Crippen MR) is 91.2 cm³/mol. The summed E-state index contributed by atoms with van der Waals surface area (Å²) in [6.07, 6.45) is 0.207. The number of anilines is 2. The zero-order valence-corrected chi connectivity index (χ0v) is 13.8. The van der Waals surface area contributed by atoms with Crippen LogP contribution in [0.15, 0.2) is 48.5 Å². The topological polar surface area (TPSA) is 101 Å². The highest BCUT2D eigenvalue weighted by Crippen LogP contribution is 2.21. The van der Waals surface area contributed by atoms with E-state index in [2.05, 4.69) is 10.0 Å². The van der Waals surface area contributed by atoms with E-state index in [1.54, 1.807) is 24.3 Å². The van der Waals surface area contributed by atoms with Crippen LogP contribution >= 0.6 is 0 Å². The van der Waals surface area contributed by atoms with Crippen LogP contribution in [0.1, 0.15) is 24.8 Å². The minimum absolute atomic E-state index is 0.0867. The van der Waals surface area contributed by atoms with Gasteiger partial charge in [-0.3, -0.25) is 9.52 Å². The molecular weight excluding hydrogens is 333 g/mol. The molecule has 0 spiro atoms. The lowest BCUT2D eigenvalue weighted by atomic mass is 9.97. The minimum Gasteiger partial charge on any atom is -0.326 e. The quantitative estimate of drug-likeness (QED) is 0.745. The Kier molecular flexibility index (Phi) is 5.53. The number of nitrogens with one attached hydrogen (secondary N) is 2. The average Bonchev–Trinajstić information content (AvgIpc) is 2.46. The van der Waals surface area contributed by atoms with Crippen LogP contribution in [-0.4, -0.2) is 14.3 Å². The summed E-state index contributed by atoms with van der Waals surface area (Å²) in [5.74, 6) is -0.648. The standard InChI is InChI=1S/C16H18FN3O3S/c1-11(12-5-7-13(17)8-6-12)9-16(21)19-14-3-2-4-15(10-14)20-24(18,22)23/h2-8,10-11,20H,9H2,1H3,(H,19,21)(H2,18,22,23)/t11-/m1/s1. The number of benzene rings is 2. The van der Waals surface area contributed by atoms with Gasteiger partial charge in [-0.1, -0.05) is 25.1 Å². The monoisotopic (exact) mass is 351 g/mol. The first-order valence-electron chi connectivity index (χ1n) is 7.19. The molecule has 2 rings (SSSR count). The minimum atomic E-state index is -3.87. The molecule has 6 nitrogen and oxygen atoms in total. The molecule has 0 unspecified atom stereocenters. The number of hydrogen-bond acceptors (Lipinski definition) is 3. The van der Waals surface area contributed by atoms with Gasteiger partial charge < -0.3 is 5.32 Å². The molecule has 1 atom stereocenters. The van der Waals surface area contributed by atoms with Crippen molar-refractivity contribution in [3.63, 3.8) is 0 Å². The summed E-state index contributed by atoms with van der Waals surface area (Å²) in [7, 11) is -3.87. The maximum Gasteiger partial charge on any atom is 0.296 e. The van der Waals surface area contributed by atoms with Crippen molar-refractivity contribution in [2.24, 2.45) is 5.14 Å². The Labute approximate surface area is 140 Å². The van der Waals surface area contributed by atoms with Crippen LogP contribution < -0.4 is 15.2 Å². The van der Waals surface area contributed by atoms with Crippen molar-refractivity contribution in [1.82, 2.24) is 0 Å². The number of carbonyl (C=O) groups is 1. The Morgan fingerprint density at radius 2 is 1.79 bits per heavy atom. The molecule has 128 valence electrons. The summed E-state index contributed by atoms with van der Waals surface area (Å²) in [4.78, 5) is 12.1. The fourth-order valence-electron chi connectivity index (χ4n) is 2.22. The van der Waals surface area contributed by atoms with Crippen LogP contribution in [-0.2, 0) is 15.0 Å². The summed E-state index contributed by atoms with van der Waals surface area (Å²) < 4.78 is 37.1. The lowest BCUT2D eigenvalue weighted by Crippen LogP contribution is -2.21. The molecule has 0 radical (unpaired) electrons. The smallest absolute Gasteiger partial charge is 0.296 e. The van der Waals surface area contributed by atoms with Crippen LogP contribution in [0.25, 0.3) is 0 Å². The highest BCUT2D eigenvalue weighted by molar-refractivity contribution is 7.90. The van der Waals surface area contributed by atoms with Crippen molar-refractivity contribution < 1.29 is 17.6 Å². The van der Waals surface area contributed by atoms with Gasteiger partial charge in [0.1, 0.15) is 5.82 Å². The maximum absolute atomic E-state index is 12.9. The van der Waals surface area contributed by atoms with Crippen molar-refractivity contribution in [3.8, 4) is 0 Å². The van der Waals surface area contributed by atoms with Crippen molar-refractivity contribution in [2.45, 2.75) is 19.3 Å². The van der Waals surface area contributed by atoms with Crippen molar-refractivity contribution in [1.29, 1.82) is 0 Å². The molecule has 8 heteroatoms. The maximum atomic E-state index is 12.9. The van der Waals surface area contributed by atoms with E-state index >= 15 is 0 Å². The summed E-state index contributed by atoms with van der Waals surface area (Å²) in [6, 6.07) is 12.2. The van der Waals surface area contributed by atoms with Gasteiger partial charge in [0.25, 0.3) is 10.2 Å². The van der Waals surface area contributed by atoms with E-state index in [0.29, 0.717) is 5.69 Å². The lowest BCUT2D eigenvalue weighted by Gasteiger charge is -2.13. The summed E-state index contributed by atoms with van der Waals surface area (Å²) in [6.45, 7) is 1.87. The molecule has 0 bridgehead atoms. The van der Waals surface area contributed by atoms with Gasteiger partial charge >= 0.3 is 0 Å². The van der Waals surface area contributed by atoms with Gasteiger partial charge in [-0.25, -0.2) is 9.53 Å². The summed E-state index contributed by atoms with van der Waals surface area (Å²) in [5, 5.41) is 7.60. The van der Waals surface area contributed by atoms with E-state index in [1.165, 1.54) is 24.3 Å². The van der Waals surface area contributed by atoms with Gasteiger partial charge in [-0.15, -0.1) is 0 Å². The SMILES string of the molecule is C[C@H](CC(=O)Nc1cccc(NS(N)(=O)=O)c1)c1ccc(F)cc1. The molecule has 4 N–H and O–H groups in total. The molecule has 1 amide bonds. The number of hydrogen-bond donors (Lipinski definition) is 3. The molecule has 24 heavy (non-hydrogen) atoms. The van der Waals surface area contributed by atoms with Gasteiger partial charge in [0.15, 0.2) is 0 Å². The lowest BCUT2D eigenvalue weighted by molar-refractivity contribution is -0.116. The van der Waals surface area contributed by atoms with Gasteiger partial charge in [0.05, 0.1) is 5.69 Å². The van der Waals surface area contributed by atoms with Crippen LogP contribution in [0, 0.1) is 5.82 Å². The second-order valence-corrected chi connectivity index (χ2v) is 6.73. The predicted octanol–water partition coefficient (Wildman–Crippen LogP) is 2.57. The van der Waals surface area contributed by atoms with E-state index in [0.717, 1.165) is 5.56 Å². The van der Waals surface area contributed by atoms with Crippen LogP contribution in [0.4, 0.5) is 15.8 Å². The van der Waals surface area contributed by atoms with Gasteiger partial charge in [-0.05, 0) is 41.8 Å². The molecule has 0 aliphatic rings. The van der Waals surface area contributed by atoms with E-state index in [9.17, 15) is 17.6 Å². The van der Waals surface area contributed by atoms with Crippen molar-refractivity contribution in [2.75, 3.05) is 10.0 Å². The van der Waals surface area contributed by atoms with Crippen molar-refractivity contribution >= 4 is 27.5 Å². The Morgan fingerprint density at radius 3 is 2.42 bits per heavy atom. The van der Waals surface area contributed by atoms with Gasteiger partial charge in [0.2, 0.25) is 5.91 Å². The molecule has 2 aromatic carbocycles. The first kappa shape index (κ1) is 17.9. The largest absolute Gasteiger partial charge is 0.326 e. The van der Waals surface area contributed by atoms with E-state index in [1.807, 2.05) is 6.92 Å². The molecule has 0 saturated heterocycles. The zero-order chi connectivity index (χ0) is 17.7. The van der Waals surface area contributed by atoms with E-state index < -0.39 is 10.2 Å². The fraction of sp³-hybridized carbons (Fsp3) is 0.188. The summed E-state index contributed by atoms with van der Waals surface area (Å²) in [5.41, 5.74) is 1.55. The molecule has 0 saturated carbocycles. The van der Waals surface area contributed by atoms with Crippen LogP contribution in [0.3, 0.4) is 0 Å². The first-order chi connectivity index (χ1) is 11.2. The third-order valence-electron chi connectivity index (χ3n) is 3.34. The number of carbonyl (C=O) groups excluding carboxylic acids is 1. The van der Waals surface area contributed by atoms with Crippen molar-refractivity contribution in [3.05, 3.63) is 59.9 Å². The van der Waals surface area contributed by atoms with Gasteiger partial charge in [-0.2, -0.15) is 8.42 Å². The van der Waals surface area contributed by atoms with Crippen LogP contribution in [0.2, 0.25) is 0 Å². The number of halogens is 1. The molecule has 0 aliphatic heterocycles. The molecule has 0 aromatic heterocycles. The molecule has 0 heterocycles. The normalized spacial score (nSPS) is 12.5. The second-order valence-electron chi connectivity index (χ2n) is 5.43. The molecular formula is C16H18FN3O3S. The Balaban J connectivity index is 1.99. The van der Waals surface area contributed by atoms with Gasteiger partial charge in [0, 0.05) is 12.1 Å². The number of nitrogens with two attached hydrogens (primary N) is 1. The number of amides is 1. The third kappa shape index (κ3) is 5.64. The first-order valence-corrected chi connectivity index (χ1v) is 8.73.